The van der Waals surface area contributed by atoms with Gasteiger partial charge in [-0.25, -0.2) is 4.98 Å². The second-order valence-electron chi connectivity index (χ2n) is 4.70. The van der Waals surface area contributed by atoms with Gasteiger partial charge in [-0.1, -0.05) is 16.9 Å². The standard InChI is InChI=1S/C13H16N4O3S2/c1-6-4-11(17-20-6)16-12(19)8(3)21-13-15-7(2)9(22-13)5-10(14)18/h4,8H,5H2,1-3H3,(H2,14,18)(H,16,17,19). The zero-order valence-electron chi connectivity index (χ0n) is 12.4. The lowest BCUT2D eigenvalue weighted by atomic mass is 10.3. The van der Waals surface area contributed by atoms with Gasteiger partial charge in [-0.3, -0.25) is 9.59 Å². The zero-order valence-corrected chi connectivity index (χ0v) is 14.0. The van der Waals surface area contributed by atoms with Crippen molar-refractivity contribution >= 4 is 40.7 Å². The number of thioether (sulfide) groups is 1. The quantitative estimate of drug-likeness (QED) is 0.777. The number of nitrogens with two attached hydrogens (primary N) is 1. The number of nitrogens with zero attached hydrogens (tertiary/aromatic N) is 2. The molecule has 2 aromatic heterocycles. The lowest BCUT2D eigenvalue weighted by molar-refractivity contribution is -0.117. The topological polar surface area (TPSA) is 111 Å². The molecule has 0 aliphatic rings. The molecule has 118 valence electrons. The van der Waals surface area contributed by atoms with Crippen molar-refractivity contribution < 1.29 is 14.1 Å². The minimum atomic E-state index is -0.393. The van der Waals surface area contributed by atoms with Crippen LogP contribution in [0.1, 0.15) is 23.3 Å². The molecule has 0 radical (unpaired) electrons. The summed E-state index contributed by atoms with van der Waals surface area (Å²) in [5, 5.41) is 6.03. The summed E-state index contributed by atoms with van der Waals surface area (Å²) < 4.78 is 5.62. The Morgan fingerprint density at radius 2 is 2.23 bits per heavy atom. The van der Waals surface area contributed by atoms with E-state index in [1.165, 1.54) is 23.1 Å². The van der Waals surface area contributed by atoms with E-state index < -0.39 is 5.91 Å². The van der Waals surface area contributed by atoms with Crippen molar-refractivity contribution in [3.63, 3.8) is 0 Å². The molecule has 0 bridgehead atoms. The third-order valence-electron chi connectivity index (χ3n) is 2.73. The molecule has 2 aromatic rings. The van der Waals surface area contributed by atoms with E-state index in [2.05, 4.69) is 15.5 Å². The van der Waals surface area contributed by atoms with Crippen LogP contribution in [0.3, 0.4) is 0 Å². The van der Waals surface area contributed by atoms with Crippen molar-refractivity contribution in [2.24, 2.45) is 5.73 Å². The second-order valence-corrected chi connectivity index (χ2v) is 7.38. The number of primary amides is 1. The number of hydrogen-bond donors (Lipinski definition) is 2. The minimum Gasteiger partial charge on any atom is -0.369 e. The molecular formula is C13H16N4O3S2. The Morgan fingerprint density at radius 1 is 1.50 bits per heavy atom. The lowest BCUT2D eigenvalue weighted by Crippen LogP contribution is -2.22. The van der Waals surface area contributed by atoms with E-state index in [0.29, 0.717) is 11.6 Å². The normalized spacial score (nSPS) is 12.1. The van der Waals surface area contributed by atoms with Crippen molar-refractivity contribution in [3.05, 3.63) is 22.4 Å². The summed E-state index contributed by atoms with van der Waals surface area (Å²) in [5.74, 6) is 0.431. The van der Waals surface area contributed by atoms with E-state index in [1.54, 1.807) is 19.9 Å². The van der Waals surface area contributed by atoms with Crippen molar-refractivity contribution in [2.75, 3.05) is 5.32 Å². The number of carbonyl (C=O) groups excluding carboxylic acids is 2. The SMILES string of the molecule is Cc1cc(NC(=O)C(C)Sc2nc(C)c(CC(N)=O)s2)no1. The van der Waals surface area contributed by atoms with Gasteiger partial charge in [0.15, 0.2) is 10.2 Å². The number of aromatic nitrogens is 2. The molecule has 0 fully saturated rings. The Kier molecular flexibility index (Phi) is 5.19. The van der Waals surface area contributed by atoms with E-state index in [0.717, 1.165) is 14.9 Å². The predicted molar refractivity (Wildman–Crippen MR) is 84.9 cm³/mol. The fraction of sp³-hybridized carbons (Fsp3) is 0.385. The Balaban J connectivity index is 1.97. The molecule has 0 aromatic carbocycles. The van der Waals surface area contributed by atoms with Crippen LogP contribution in [0.15, 0.2) is 14.9 Å². The van der Waals surface area contributed by atoms with Crippen molar-refractivity contribution in [1.29, 1.82) is 0 Å². The first-order chi connectivity index (χ1) is 10.3. The average molecular weight is 340 g/mol. The highest BCUT2D eigenvalue weighted by atomic mass is 32.2. The lowest BCUT2D eigenvalue weighted by Gasteiger charge is -2.07. The summed E-state index contributed by atoms with van der Waals surface area (Å²) in [4.78, 5) is 28.3. The highest BCUT2D eigenvalue weighted by Crippen LogP contribution is 2.30. The molecule has 0 spiro atoms. The van der Waals surface area contributed by atoms with Crippen LogP contribution in [0.5, 0.6) is 0 Å². The van der Waals surface area contributed by atoms with E-state index in [1.807, 2.05) is 6.92 Å². The molecule has 2 amide bonds. The molecule has 1 atom stereocenters. The third kappa shape index (κ3) is 4.31. The molecule has 0 aliphatic heterocycles. The Labute approximate surface area is 135 Å². The van der Waals surface area contributed by atoms with Crippen LogP contribution in [0.4, 0.5) is 5.82 Å². The van der Waals surface area contributed by atoms with Gasteiger partial charge in [-0.2, -0.15) is 0 Å². The highest BCUT2D eigenvalue weighted by Gasteiger charge is 2.19. The number of amides is 2. The molecule has 22 heavy (non-hydrogen) atoms. The summed E-state index contributed by atoms with van der Waals surface area (Å²) in [6.07, 6.45) is 0.169. The predicted octanol–water partition coefficient (Wildman–Crippen LogP) is 1.90. The number of hydrogen-bond acceptors (Lipinski definition) is 7. The zero-order chi connectivity index (χ0) is 16.3. The van der Waals surface area contributed by atoms with Crippen molar-refractivity contribution in [3.8, 4) is 0 Å². The first-order valence-corrected chi connectivity index (χ1v) is 8.20. The molecular weight excluding hydrogens is 324 g/mol. The highest BCUT2D eigenvalue weighted by molar-refractivity contribution is 8.02. The molecule has 7 nitrogen and oxygen atoms in total. The average Bonchev–Trinajstić information content (AvgIpc) is 2.96. The Hall–Kier alpha value is -1.87. The van der Waals surface area contributed by atoms with Crippen LogP contribution < -0.4 is 11.1 Å². The smallest absolute Gasteiger partial charge is 0.238 e. The largest absolute Gasteiger partial charge is 0.369 e. The summed E-state index contributed by atoms with van der Waals surface area (Å²) >= 11 is 2.71. The number of nitrogens with one attached hydrogen (secondary N) is 1. The van der Waals surface area contributed by atoms with Crippen LogP contribution in [0.25, 0.3) is 0 Å². The van der Waals surface area contributed by atoms with Gasteiger partial charge in [0, 0.05) is 10.9 Å². The van der Waals surface area contributed by atoms with Gasteiger partial charge < -0.3 is 15.6 Å². The Bertz CT molecular complexity index is 695. The van der Waals surface area contributed by atoms with E-state index in [-0.39, 0.29) is 17.6 Å². The maximum absolute atomic E-state index is 12.1. The van der Waals surface area contributed by atoms with Gasteiger partial charge in [0.25, 0.3) is 0 Å². The Morgan fingerprint density at radius 3 is 2.82 bits per heavy atom. The number of anilines is 1. The molecule has 1 unspecified atom stereocenters. The van der Waals surface area contributed by atoms with E-state index in [4.69, 9.17) is 10.3 Å². The van der Waals surface area contributed by atoms with E-state index >= 15 is 0 Å². The van der Waals surface area contributed by atoms with Gasteiger partial charge in [-0.15, -0.1) is 11.3 Å². The maximum atomic E-state index is 12.1. The molecule has 3 N–H and O–H groups in total. The molecule has 0 saturated heterocycles. The first kappa shape index (κ1) is 16.5. The fourth-order valence-corrected chi connectivity index (χ4v) is 4.02. The first-order valence-electron chi connectivity index (χ1n) is 6.50. The maximum Gasteiger partial charge on any atom is 0.238 e. The second kappa shape index (κ2) is 6.93. The fourth-order valence-electron chi connectivity index (χ4n) is 1.63. The molecule has 0 saturated carbocycles. The molecule has 9 heteroatoms. The van der Waals surface area contributed by atoms with Crippen molar-refractivity contribution in [1.82, 2.24) is 10.1 Å². The van der Waals surface area contributed by atoms with E-state index in [9.17, 15) is 9.59 Å². The summed E-state index contributed by atoms with van der Waals surface area (Å²) in [6.45, 7) is 5.35. The van der Waals surface area contributed by atoms with Crippen LogP contribution in [-0.2, 0) is 16.0 Å². The van der Waals surface area contributed by atoms with Gasteiger partial charge in [-0.05, 0) is 20.8 Å². The monoisotopic (exact) mass is 340 g/mol. The summed E-state index contributed by atoms with van der Waals surface area (Å²) in [7, 11) is 0. The van der Waals surface area contributed by atoms with Crippen LogP contribution in [-0.4, -0.2) is 27.2 Å². The van der Waals surface area contributed by atoms with Crippen LogP contribution >= 0.6 is 23.1 Å². The van der Waals surface area contributed by atoms with Gasteiger partial charge in [0.05, 0.1) is 17.4 Å². The summed E-state index contributed by atoms with van der Waals surface area (Å²) in [5.41, 5.74) is 5.96. The summed E-state index contributed by atoms with van der Waals surface area (Å²) in [6, 6.07) is 1.65. The van der Waals surface area contributed by atoms with Gasteiger partial charge in [0.1, 0.15) is 5.76 Å². The molecule has 0 aliphatic carbocycles. The molecule has 2 rings (SSSR count). The third-order valence-corrected chi connectivity index (χ3v) is 5.09. The van der Waals surface area contributed by atoms with Crippen molar-refractivity contribution in [2.45, 2.75) is 36.8 Å². The van der Waals surface area contributed by atoms with Crippen LogP contribution in [0.2, 0.25) is 0 Å². The number of thiazole rings is 1. The molecule has 2 heterocycles. The van der Waals surface area contributed by atoms with Gasteiger partial charge >= 0.3 is 0 Å². The minimum absolute atomic E-state index is 0.169. The van der Waals surface area contributed by atoms with Crippen LogP contribution in [0, 0.1) is 13.8 Å². The van der Waals surface area contributed by atoms with Gasteiger partial charge in [0.2, 0.25) is 11.8 Å². The number of carbonyl (C=O) groups is 2. The number of rotatable bonds is 6. The number of aryl methyl sites for hydroxylation is 2.